The van der Waals surface area contributed by atoms with Crippen LogP contribution in [0.5, 0.6) is 5.75 Å². The van der Waals surface area contributed by atoms with Crippen LogP contribution < -0.4 is 22.1 Å². The topological polar surface area (TPSA) is 185 Å². The van der Waals surface area contributed by atoms with Crippen LogP contribution >= 0.6 is 0 Å². The number of aliphatic carboxylic acids is 1. The van der Waals surface area contributed by atoms with Crippen molar-refractivity contribution in [2.75, 3.05) is 0 Å². The third-order valence-corrected chi connectivity index (χ3v) is 4.94. The number of carbonyl (C=O) groups excluding carboxylic acids is 3. The van der Waals surface area contributed by atoms with Crippen LogP contribution in [0, 0.1) is 0 Å². The zero-order chi connectivity index (χ0) is 24.4. The second-order valence-corrected chi connectivity index (χ2v) is 7.63. The average Bonchev–Trinajstić information content (AvgIpc) is 2.78. The lowest BCUT2D eigenvalue weighted by molar-refractivity contribution is -0.142. The van der Waals surface area contributed by atoms with E-state index in [0.29, 0.717) is 5.56 Å². The van der Waals surface area contributed by atoms with Gasteiger partial charge in [0.05, 0.1) is 6.04 Å². The quantitative estimate of drug-likeness (QED) is 0.256. The Bertz CT molecular complexity index is 965. The number of nitrogens with one attached hydrogen (secondary N) is 2. The Kier molecular flexibility index (Phi) is 9.37. The number of hydrogen-bond acceptors (Lipinski definition) is 6. The molecule has 0 aromatic heterocycles. The molecular formula is C23H28N4O6. The molecule has 33 heavy (non-hydrogen) atoms. The number of amides is 3. The summed E-state index contributed by atoms with van der Waals surface area (Å²) in [5, 5.41) is 24.1. The van der Waals surface area contributed by atoms with Crippen LogP contribution in [0.25, 0.3) is 0 Å². The van der Waals surface area contributed by atoms with E-state index in [4.69, 9.17) is 11.5 Å². The van der Waals surface area contributed by atoms with Crippen molar-refractivity contribution < 1.29 is 29.4 Å². The summed E-state index contributed by atoms with van der Waals surface area (Å²) in [7, 11) is 0. The molecule has 176 valence electrons. The molecule has 8 N–H and O–H groups in total. The third-order valence-electron chi connectivity index (χ3n) is 4.94. The Labute approximate surface area is 191 Å². The maximum absolute atomic E-state index is 13.0. The van der Waals surface area contributed by atoms with Crippen molar-refractivity contribution in [2.24, 2.45) is 11.5 Å². The van der Waals surface area contributed by atoms with Gasteiger partial charge in [0, 0.05) is 19.3 Å². The summed E-state index contributed by atoms with van der Waals surface area (Å²) in [5.41, 5.74) is 12.2. The van der Waals surface area contributed by atoms with Crippen LogP contribution in [0.4, 0.5) is 0 Å². The first-order valence-corrected chi connectivity index (χ1v) is 10.3. The molecule has 10 heteroatoms. The standard InChI is InChI=1S/C23H28N4O6/c24-17(10-11-20(25)29)21(30)26-18(12-15-6-8-16(28)9-7-15)22(31)27-19(23(32)33)13-14-4-2-1-3-5-14/h1-9,17-19,28H,10-13,24H2,(H2,25,29)(H,26,30)(H,27,31)(H,32,33)/t17-,18-,19-/m0/s1. The Morgan fingerprint density at radius 1 is 0.818 bits per heavy atom. The summed E-state index contributed by atoms with van der Waals surface area (Å²) < 4.78 is 0. The molecule has 3 atom stereocenters. The van der Waals surface area contributed by atoms with E-state index in [1.807, 2.05) is 0 Å². The Hall–Kier alpha value is -3.92. The maximum atomic E-state index is 13.0. The zero-order valence-corrected chi connectivity index (χ0v) is 17.9. The molecule has 0 fully saturated rings. The van der Waals surface area contributed by atoms with Gasteiger partial charge in [0.15, 0.2) is 0 Å². The monoisotopic (exact) mass is 456 g/mol. The van der Waals surface area contributed by atoms with Crippen molar-refractivity contribution in [3.63, 3.8) is 0 Å². The number of rotatable bonds is 12. The fourth-order valence-corrected chi connectivity index (χ4v) is 3.11. The van der Waals surface area contributed by atoms with E-state index < -0.39 is 41.8 Å². The molecule has 0 saturated carbocycles. The number of benzene rings is 2. The average molecular weight is 456 g/mol. The normalized spacial score (nSPS) is 13.4. The van der Waals surface area contributed by atoms with Crippen LogP contribution in [0.1, 0.15) is 24.0 Å². The van der Waals surface area contributed by atoms with E-state index in [1.54, 1.807) is 42.5 Å². The van der Waals surface area contributed by atoms with E-state index in [9.17, 15) is 29.4 Å². The summed E-state index contributed by atoms with van der Waals surface area (Å²) >= 11 is 0. The second kappa shape index (κ2) is 12.2. The van der Waals surface area contributed by atoms with Crippen molar-refractivity contribution in [1.82, 2.24) is 10.6 Å². The van der Waals surface area contributed by atoms with Crippen molar-refractivity contribution in [3.8, 4) is 5.75 Å². The van der Waals surface area contributed by atoms with Gasteiger partial charge in [0.25, 0.3) is 0 Å². The molecule has 0 aliphatic heterocycles. The van der Waals surface area contributed by atoms with Gasteiger partial charge in [0.1, 0.15) is 17.8 Å². The van der Waals surface area contributed by atoms with Crippen molar-refractivity contribution in [1.29, 1.82) is 0 Å². The van der Waals surface area contributed by atoms with Gasteiger partial charge < -0.3 is 32.3 Å². The Morgan fingerprint density at radius 2 is 1.36 bits per heavy atom. The summed E-state index contributed by atoms with van der Waals surface area (Å²) in [6.07, 6.45) is -0.0139. The zero-order valence-electron chi connectivity index (χ0n) is 17.9. The minimum Gasteiger partial charge on any atom is -0.508 e. The highest BCUT2D eigenvalue weighted by atomic mass is 16.4. The van der Waals surface area contributed by atoms with Gasteiger partial charge in [-0.05, 0) is 29.7 Å². The van der Waals surface area contributed by atoms with E-state index >= 15 is 0 Å². The van der Waals surface area contributed by atoms with Gasteiger partial charge in [-0.1, -0.05) is 42.5 Å². The molecule has 3 amide bonds. The van der Waals surface area contributed by atoms with Gasteiger partial charge in [-0.3, -0.25) is 14.4 Å². The molecule has 0 radical (unpaired) electrons. The predicted octanol–water partition coefficient (Wildman–Crippen LogP) is -0.176. The predicted molar refractivity (Wildman–Crippen MR) is 120 cm³/mol. The SMILES string of the molecule is NC(=O)CC[C@H](N)C(=O)N[C@@H](Cc1ccc(O)cc1)C(=O)N[C@@H](Cc1ccccc1)C(=O)O. The molecule has 0 heterocycles. The molecule has 2 rings (SSSR count). The molecule has 0 saturated heterocycles. The molecule has 0 spiro atoms. The Morgan fingerprint density at radius 3 is 1.94 bits per heavy atom. The van der Waals surface area contributed by atoms with Gasteiger partial charge in [-0.25, -0.2) is 4.79 Å². The first-order chi connectivity index (χ1) is 15.7. The number of primary amides is 1. The van der Waals surface area contributed by atoms with Gasteiger partial charge >= 0.3 is 5.97 Å². The summed E-state index contributed by atoms with van der Waals surface area (Å²) in [6, 6.07) is 11.4. The molecule has 0 bridgehead atoms. The van der Waals surface area contributed by atoms with Crippen molar-refractivity contribution in [3.05, 3.63) is 65.7 Å². The van der Waals surface area contributed by atoms with Crippen LogP contribution in [-0.4, -0.2) is 52.0 Å². The second-order valence-electron chi connectivity index (χ2n) is 7.63. The van der Waals surface area contributed by atoms with Gasteiger partial charge in [0.2, 0.25) is 17.7 Å². The van der Waals surface area contributed by atoms with Crippen molar-refractivity contribution >= 4 is 23.7 Å². The lowest BCUT2D eigenvalue weighted by Crippen LogP contribution is -2.55. The number of nitrogens with two attached hydrogens (primary N) is 2. The molecule has 2 aromatic carbocycles. The fourth-order valence-electron chi connectivity index (χ4n) is 3.11. The number of carboxylic acid groups (broad SMARTS) is 1. The maximum Gasteiger partial charge on any atom is 0.326 e. The number of hydrogen-bond donors (Lipinski definition) is 6. The lowest BCUT2D eigenvalue weighted by atomic mass is 10.0. The third kappa shape index (κ3) is 8.62. The van der Waals surface area contributed by atoms with Gasteiger partial charge in [-0.2, -0.15) is 0 Å². The first-order valence-electron chi connectivity index (χ1n) is 10.3. The van der Waals surface area contributed by atoms with Crippen LogP contribution in [-0.2, 0) is 32.0 Å². The molecule has 2 aromatic rings. The molecule has 0 aliphatic carbocycles. The lowest BCUT2D eigenvalue weighted by Gasteiger charge is -2.23. The molecule has 0 aliphatic rings. The molecular weight excluding hydrogens is 428 g/mol. The molecule has 0 unspecified atom stereocenters. The highest BCUT2D eigenvalue weighted by Gasteiger charge is 2.28. The largest absolute Gasteiger partial charge is 0.508 e. The van der Waals surface area contributed by atoms with Crippen LogP contribution in [0.3, 0.4) is 0 Å². The summed E-state index contributed by atoms with van der Waals surface area (Å²) in [5.74, 6) is -3.18. The van der Waals surface area contributed by atoms with Crippen LogP contribution in [0.2, 0.25) is 0 Å². The van der Waals surface area contributed by atoms with E-state index in [-0.39, 0.29) is 31.4 Å². The molecule has 10 nitrogen and oxygen atoms in total. The van der Waals surface area contributed by atoms with Gasteiger partial charge in [-0.15, -0.1) is 0 Å². The van der Waals surface area contributed by atoms with E-state index in [2.05, 4.69) is 10.6 Å². The van der Waals surface area contributed by atoms with E-state index in [0.717, 1.165) is 5.56 Å². The summed E-state index contributed by atoms with van der Waals surface area (Å²) in [6.45, 7) is 0. The van der Waals surface area contributed by atoms with Crippen molar-refractivity contribution in [2.45, 2.75) is 43.8 Å². The number of phenolic OH excluding ortho intramolecular Hbond substituents is 1. The summed E-state index contributed by atoms with van der Waals surface area (Å²) in [4.78, 5) is 48.2. The number of carboxylic acids is 1. The fraction of sp³-hybridized carbons (Fsp3) is 0.304. The number of carbonyl (C=O) groups is 4. The highest BCUT2D eigenvalue weighted by Crippen LogP contribution is 2.12. The van der Waals surface area contributed by atoms with E-state index in [1.165, 1.54) is 12.1 Å². The highest BCUT2D eigenvalue weighted by molar-refractivity contribution is 5.92. The minimum absolute atomic E-state index is 0.000469. The van der Waals surface area contributed by atoms with Crippen LogP contribution in [0.15, 0.2) is 54.6 Å². The number of aromatic hydroxyl groups is 1. The smallest absolute Gasteiger partial charge is 0.326 e. The number of phenols is 1. The Balaban J connectivity index is 2.16. The minimum atomic E-state index is -1.22. The first kappa shape index (κ1) is 25.3.